The lowest BCUT2D eigenvalue weighted by Crippen LogP contribution is -1.89. The molecule has 0 aliphatic heterocycles. The Hall–Kier alpha value is -0.680. The van der Waals surface area contributed by atoms with E-state index in [4.69, 9.17) is 11.6 Å². The molecule has 0 unspecified atom stereocenters. The molecule has 14 heavy (non-hydrogen) atoms. The summed E-state index contributed by atoms with van der Waals surface area (Å²) in [5.74, 6) is 0.663. The van der Waals surface area contributed by atoms with E-state index in [2.05, 4.69) is 32.6 Å². The highest BCUT2D eigenvalue weighted by molar-refractivity contribution is 14.1. The third-order valence-corrected chi connectivity index (χ3v) is 2.62. The van der Waals surface area contributed by atoms with Crippen LogP contribution in [0.15, 0.2) is 36.7 Å². The van der Waals surface area contributed by atoms with Gasteiger partial charge in [-0.3, -0.25) is 0 Å². The van der Waals surface area contributed by atoms with E-state index in [1.807, 2.05) is 24.3 Å². The summed E-state index contributed by atoms with van der Waals surface area (Å²) >= 11 is 8.18. The number of hydrogen-bond acceptors (Lipinski definition) is 2. The van der Waals surface area contributed by atoms with Gasteiger partial charge in [0.1, 0.15) is 0 Å². The molecule has 1 aromatic heterocycles. The van der Waals surface area contributed by atoms with E-state index in [9.17, 15) is 0 Å². The second-order valence-electron chi connectivity index (χ2n) is 2.70. The Morgan fingerprint density at radius 1 is 1.07 bits per heavy atom. The molecule has 1 aromatic carbocycles. The maximum absolute atomic E-state index is 6.02. The molecule has 2 nitrogen and oxygen atoms in total. The Balaban J connectivity index is 2.50. The minimum atomic E-state index is 0.663. The van der Waals surface area contributed by atoms with Crippen LogP contribution in [0.4, 0.5) is 0 Å². The van der Waals surface area contributed by atoms with E-state index in [0.717, 1.165) is 9.13 Å². The van der Waals surface area contributed by atoms with Crippen LogP contribution in [0.5, 0.6) is 0 Å². The third kappa shape index (κ3) is 2.04. The Morgan fingerprint density at radius 2 is 1.71 bits per heavy atom. The Morgan fingerprint density at radius 3 is 2.36 bits per heavy atom. The standard InChI is InChI=1S/C10H6ClIN2/c11-9-4-2-1-3-8(9)10-13-5-7(12)6-14-10/h1-6H. The van der Waals surface area contributed by atoms with Crippen LogP contribution in [0.3, 0.4) is 0 Å². The van der Waals surface area contributed by atoms with Crippen molar-refractivity contribution in [2.24, 2.45) is 0 Å². The van der Waals surface area contributed by atoms with Crippen molar-refractivity contribution in [3.8, 4) is 11.4 Å². The lowest BCUT2D eigenvalue weighted by atomic mass is 10.2. The van der Waals surface area contributed by atoms with Crippen molar-refractivity contribution in [1.82, 2.24) is 9.97 Å². The number of aromatic nitrogens is 2. The highest BCUT2D eigenvalue weighted by Crippen LogP contribution is 2.23. The van der Waals surface area contributed by atoms with E-state index in [1.165, 1.54) is 0 Å². The first-order chi connectivity index (χ1) is 6.77. The molecule has 0 N–H and O–H groups in total. The highest BCUT2D eigenvalue weighted by atomic mass is 127. The quantitative estimate of drug-likeness (QED) is 0.754. The topological polar surface area (TPSA) is 25.8 Å². The molecule has 0 bridgehead atoms. The van der Waals surface area contributed by atoms with E-state index < -0.39 is 0 Å². The zero-order valence-electron chi connectivity index (χ0n) is 7.11. The van der Waals surface area contributed by atoms with Gasteiger partial charge in [0.05, 0.1) is 5.02 Å². The number of hydrogen-bond donors (Lipinski definition) is 0. The molecule has 70 valence electrons. The predicted octanol–water partition coefficient (Wildman–Crippen LogP) is 3.40. The van der Waals surface area contributed by atoms with Crippen molar-refractivity contribution in [3.63, 3.8) is 0 Å². The van der Waals surface area contributed by atoms with Crippen molar-refractivity contribution in [2.75, 3.05) is 0 Å². The first kappa shape index (κ1) is 9.86. The summed E-state index contributed by atoms with van der Waals surface area (Å²) in [6.45, 7) is 0. The fourth-order valence-electron chi connectivity index (χ4n) is 1.09. The fourth-order valence-corrected chi connectivity index (χ4v) is 1.59. The average Bonchev–Trinajstić information content (AvgIpc) is 2.20. The number of halogens is 2. The van der Waals surface area contributed by atoms with Crippen molar-refractivity contribution in [1.29, 1.82) is 0 Å². The van der Waals surface area contributed by atoms with Gasteiger partial charge in [-0.1, -0.05) is 23.7 Å². The van der Waals surface area contributed by atoms with Gasteiger partial charge in [-0.15, -0.1) is 0 Å². The summed E-state index contributed by atoms with van der Waals surface area (Å²) in [6, 6.07) is 7.55. The van der Waals surface area contributed by atoms with Crippen LogP contribution in [0.25, 0.3) is 11.4 Å². The van der Waals surface area contributed by atoms with Gasteiger partial charge in [-0.05, 0) is 34.7 Å². The van der Waals surface area contributed by atoms with Crippen molar-refractivity contribution < 1.29 is 0 Å². The average molecular weight is 317 g/mol. The first-order valence-corrected chi connectivity index (χ1v) is 5.45. The van der Waals surface area contributed by atoms with Crippen molar-refractivity contribution in [3.05, 3.63) is 45.3 Å². The molecular formula is C10H6ClIN2. The van der Waals surface area contributed by atoms with Gasteiger partial charge in [-0.25, -0.2) is 9.97 Å². The molecule has 0 spiro atoms. The Bertz CT molecular complexity index is 442. The van der Waals surface area contributed by atoms with Gasteiger partial charge in [0.2, 0.25) is 0 Å². The van der Waals surface area contributed by atoms with Gasteiger partial charge < -0.3 is 0 Å². The normalized spacial score (nSPS) is 10.1. The lowest BCUT2D eigenvalue weighted by Gasteiger charge is -2.01. The Labute approximate surface area is 100 Å². The van der Waals surface area contributed by atoms with E-state index in [1.54, 1.807) is 12.4 Å². The smallest absolute Gasteiger partial charge is 0.160 e. The lowest BCUT2D eigenvalue weighted by molar-refractivity contribution is 1.16. The molecule has 4 heteroatoms. The molecule has 2 rings (SSSR count). The summed E-state index contributed by atoms with van der Waals surface area (Å²) in [6.07, 6.45) is 3.54. The maximum Gasteiger partial charge on any atom is 0.160 e. The summed E-state index contributed by atoms with van der Waals surface area (Å²) in [4.78, 5) is 8.41. The SMILES string of the molecule is Clc1ccccc1-c1ncc(I)cn1. The van der Waals surface area contributed by atoms with Gasteiger partial charge in [-0.2, -0.15) is 0 Å². The second kappa shape index (κ2) is 4.23. The summed E-state index contributed by atoms with van der Waals surface area (Å²) in [7, 11) is 0. The Kier molecular flexibility index (Phi) is 2.98. The van der Waals surface area contributed by atoms with Crippen LogP contribution in [0.1, 0.15) is 0 Å². The van der Waals surface area contributed by atoms with E-state index >= 15 is 0 Å². The first-order valence-electron chi connectivity index (χ1n) is 4.00. The van der Waals surface area contributed by atoms with Crippen LogP contribution in [0, 0.1) is 3.57 Å². The highest BCUT2D eigenvalue weighted by Gasteiger charge is 2.04. The summed E-state index contributed by atoms with van der Waals surface area (Å²) in [5.41, 5.74) is 0.866. The monoisotopic (exact) mass is 316 g/mol. The molecule has 0 saturated heterocycles. The van der Waals surface area contributed by atoms with Gasteiger partial charge >= 0.3 is 0 Å². The zero-order chi connectivity index (χ0) is 9.97. The third-order valence-electron chi connectivity index (χ3n) is 1.74. The van der Waals surface area contributed by atoms with Crippen LogP contribution in [-0.2, 0) is 0 Å². The van der Waals surface area contributed by atoms with Crippen molar-refractivity contribution >= 4 is 34.2 Å². The van der Waals surface area contributed by atoms with Gasteiger partial charge in [0.25, 0.3) is 0 Å². The van der Waals surface area contributed by atoms with Gasteiger partial charge in [0, 0.05) is 21.5 Å². The molecule has 0 amide bonds. The molecule has 1 heterocycles. The van der Waals surface area contributed by atoms with Crippen LogP contribution in [0.2, 0.25) is 5.02 Å². The maximum atomic E-state index is 6.02. The molecule has 0 radical (unpaired) electrons. The number of rotatable bonds is 1. The second-order valence-corrected chi connectivity index (χ2v) is 4.36. The molecule has 2 aromatic rings. The van der Waals surface area contributed by atoms with Crippen LogP contribution >= 0.6 is 34.2 Å². The van der Waals surface area contributed by atoms with Crippen LogP contribution in [-0.4, -0.2) is 9.97 Å². The predicted molar refractivity (Wildman–Crippen MR) is 65.2 cm³/mol. The van der Waals surface area contributed by atoms with E-state index in [0.29, 0.717) is 10.8 Å². The molecule has 0 aliphatic rings. The zero-order valence-corrected chi connectivity index (χ0v) is 10.0. The largest absolute Gasteiger partial charge is 0.235 e. The summed E-state index contributed by atoms with van der Waals surface area (Å²) < 4.78 is 1.01. The molecular weight excluding hydrogens is 310 g/mol. The van der Waals surface area contributed by atoms with Gasteiger partial charge in [0.15, 0.2) is 5.82 Å². The van der Waals surface area contributed by atoms with Crippen LogP contribution < -0.4 is 0 Å². The molecule has 0 saturated carbocycles. The van der Waals surface area contributed by atoms with E-state index in [-0.39, 0.29) is 0 Å². The molecule has 0 aliphatic carbocycles. The molecule has 0 fully saturated rings. The summed E-state index contributed by atoms with van der Waals surface area (Å²) in [5, 5.41) is 0.675. The number of benzene rings is 1. The fraction of sp³-hybridized carbons (Fsp3) is 0. The number of nitrogens with zero attached hydrogens (tertiary/aromatic N) is 2. The minimum Gasteiger partial charge on any atom is -0.235 e. The van der Waals surface area contributed by atoms with Crippen molar-refractivity contribution in [2.45, 2.75) is 0 Å². The molecule has 0 atom stereocenters. The minimum absolute atomic E-state index is 0.663.